The molecule has 6 heteroatoms. The van der Waals surface area contributed by atoms with E-state index in [-0.39, 0.29) is 17.3 Å². The van der Waals surface area contributed by atoms with Gasteiger partial charge in [-0.15, -0.1) is 0 Å². The number of benzene rings is 1. The van der Waals surface area contributed by atoms with Crippen molar-refractivity contribution in [2.24, 2.45) is 5.92 Å². The number of carbonyl (C=O) groups is 2. The summed E-state index contributed by atoms with van der Waals surface area (Å²) in [6.45, 7) is 1.55. The van der Waals surface area contributed by atoms with Gasteiger partial charge in [-0.1, -0.05) is 24.3 Å². The first-order valence-corrected chi connectivity index (χ1v) is 9.52. The third-order valence-corrected chi connectivity index (χ3v) is 5.71. The second-order valence-corrected chi connectivity index (χ2v) is 7.58. The molecule has 2 aliphatic rings. The SMILES string of the molecule is COC1=c2cc(C(=O)c3ccc(CCC(C)=O)cc3)c(=O)oc2=CC2(OC)CC12. The largest absolute Gasteiger partial charge is 0.500 e. The van der Waals surface area contributed by atoms with Crippen molar-refractivity contribution in [1.82, 2.24) is 0 Å². The van der Waals surface area contributed by atoms with Crippen molar-refractivity contribution in [1.29, 1.82) is 0 Å². The first kappa shape index (κ1) is 19.3. The molecule has 0 spiro atoms. The highest BCUT2D eigenvalue weighted by Crippen LogP contribution is 2.53. The summed E-state index contributed by atoms with van der Waals surface area (Å²) >= 11 is 0. The number of fused-ring (bicyclic) bond motifs is 2. The minimum atomic E-state index is -0.688. The van der Waals surface area contributed by atoms with Crippen LogP contribution in [-0.2, 0) is 20.7 Å². The number of hydrogen-bond donors (Lipinski definition) is 0. The molecule has 1 saturated carbocycles. The highest BCUT2D eigenvalue weighted by molar-refractivity contribution is 6.08. The van der Waals surface area contributed by atoms with Crippen molar-refractivity contribution in [3.63, 3.8) is 0 Å². The summed E-state index contributed by atoms with van der Waals surface area (Å²) in [5, 5.41) is 0.615. The van der Waals surface area contributed by atoms with E-state index in [1.165, 1.54) is 0 Å². The molecule has 6 nitrogen and oxygen atoms in total. The second kappa shape index (κ2) is 7.12. The predicted octanol–water partition coefficient (Wildman–Crippen LogP) is 1.35. The van der Waals surface area contributed by atoms with Crippen molar-refractivity contribution in [2.75, 3.05) is 14.2 Å². The van der Waals surface area contributed by atoms with Crippen LogP contribution in [-0.4, -0.2) is 31.4 Å². The summed E-state index contributed by atoms with van der Waals surface area (Å²) in [5.74, 6) is 0.435. The summed E-state index contributed by atoms with van der Waals surface area (Å²) in [5.41, 5.74) is 0.512. The molecular weight excluding hydrogens is 372 g/mol. The Bertz CT molecular complexity index is 1170. The molecule has 2 aromatic rings. The van der Waals surface area contributed by atoms with Gasteiger partial charge in [-0.25, -0.2) is 4.79 Å². The van der Waals surface area contributed by atoms with Crippen molar-refractivity contribution in [3.8, 4) is 0 Å². The maximum atomic E-state index is 12.9. The Morgan fingerprint density at radius 3 is 2.55 bits per heavy atom. The molecule has 0 saturated heterocycles. The second-order valence-electron chi connectivity index (χ2n) is 7.58. The zero-order valence-corrected chi connectivity index (χ0v) is 16.6. The maximum Gasteiger partial charge on any atom is 0.347 e. The van der Waals surface area contributed by atoms with Gasteiger partial charge in [0.2, 0.25) is 0 Å². The number of ether oxygens (including phenoxy) is 2. The molecule has 0 amide bonds. The summed E-state index contributed by atoms with van der Waals surface area (Å²) in [4.78, 5) is 36.6. The van der Waals surface area contributed by atoms with Gasteiger partial charge < -0.3 is 18.7 Å². The standard InChI is InChI=1S/C23H22O6/c1-13(24)4-5-14-6-8-15(9-7-14)20(25)17-10-16-19(29-22(17)26)12-23(28-3)11-18(23)21(16)27-2/h6-10,12,18H,4-5,11H2,1-3H3. The highest BCUT2D eigenvalue weighted by atomic mass is 16.5. The Kier molecular flexibility index (Phi) is 4.74. The first-order chi connectivity index (χ1) is 13.9. The molecule has 0 aliphatic heterocycles. The number of rotatable bonds is 7. The van der Waals surface area contributed by atoms with Gasteiger partial charge in [0, 0.05) is 19.1 Å². The van der Waals surface area contributed by atoms with Crippen LogP contribution in [0.15, 0.2) is 39.5 Å². The van der Waals surface area contributed by atoms with Crippen LogP contribution >= 0.6 is 0 Å². The first-order valence-electron chi connectivity index (χ1n) is 9.52. The predicted molar refractivity (Wildman–Crippen MR) is 106 cm³/mol. The zero-order valence-electron chi connectivity index (χ0n) is 16.6. The Morgan fingerprint density at radius 2 is 1.93 bits per heavy atom. The average Bonchev–Trinajstić information content (AvgIpc) is 3.44. The van der Waals surface area contributed by atoms with Gasteiger partial charge in [-0.3, -0.25) is 4.79 Å². The fraction of sp³-hybridized carbons (Fsp3) is 0.348. The van der Waals surface area contributed by atoms with Gasteiger partial charge in [0.15, 0.2) is 5.78 Å². The van der Waals surface area contributed by atoms with Gasteiger partial charge in [0.1, 0.15) is 28.1 Å². The van der Waals surface area contributed by atoms with Crippen LogP contribution in [0.2, 0.25) is 0 Å². The van der Waals surface area contributed by atoms with Crippen LogP contribution in [0, 0.1) is 5.92 Å². The van der Waals surface area contributed by atoms with E-state index in [1.807, 2.05) is 0 Å². The lowest BCUT2D eigenvalue weighted by Gasteiger charge is -2.16. The van der Waals surface area contributed by atoms with Crippen LogP contribution in [0.25, 0.3) is 11.8 Å². The number of ketones is 2. The quantitative estimate of drug-likeness (QED) is 0.660. The normalized spacial score (nSPS) is 21.6. The van der Waals surface area contributed by atoms with Crippen molar-refractivity contribution < 1.29 is 23.5 Å². The van der Waals surface area contributed by atoms with Gasteiger partial charge in [-0.2, -0.15) is 0 Å². The molecule has 1 fully saturated rings. The van der Waals surface area contributed by atoms with Crippen LogP contribution in [0.1, 0.15) is 41.3 Å². The lowest BCUT2D eigenvalue weighted by molar-refractivity contribution is -0.116. The maximum absolute atomic E-state index is 12.9. The minimum absolute atomic E-state index is 0.0336. The molecule has 0 radical (unpaired) electrons. The fourth-order valence-corrected chi connectivity index (χ4v) is 3.92. The van der Waals surface area contributed by atoms with E-state index < -0.39 is 17.0 Å². The Morgan fingerprint density at radius 1 is 1.21 bits per heavy atom. The topological polar surface area (TPSA) is 82.8 Å². The minimum Gasteiger partial charge on any atom is -0.500 e. The zero-order chi connectivity index (χ0) is 20.8. The van der Waals surface area contributed by atoms with E-state index in [2.05, 4.69) is 0 Å². The molecule has 4 rings (SSSR count). The molecule has 150 valence electrons. The van der Waals surface area contributed by atoms with Crippen molar-refractivity contribution in [3.05, 3.63) is 68.1 Å². The van der Waals surface area contributed by atoms with Gasteiger partial charge in [-0.05, 0) is 37.5 Å². The van der Waals surface area contributed by atoms with Crippen molar-refractivity contribution in [2.45, 2.75) is 31.8 Å². The lowest BCUT2D eigenvalue weighted by Crippen LogP contribution is -2.40. The summed E-state index contributed by atoms with van der Waals surface area (Å²) in [6, 6.07) is 8.49. The van der Waals surface area contributed by atoms with Crippen molar-refractivity contribution >= 4 is 23.4 Å². The van der Waals surface area contributed by atoms with E-state index in [9.17, 15) is 14.4 Å². The average molecular weight is 394 g/mol. The third kappa shape index (κ3) is 3.34. The summed E-state index contributed by atoms with van der Waals surface area (Å²) in [7, 11) is 3.18. The fourth-order valence-electron chi connectivity index (χ4n) is 3.92. The van der Waals surface area contributed by atoms with Crippen LogP contribution in [0.3, 0.4) is 0 Å². The van der Waals surface area contributed by atoms with Crippen LogP contribution < -0.4 is 16.3 Å². The van der Waals surface area contributed by atoms with E-state index in [1.54, 1.807) is 57.6 Å². The summed E-state index contributed by atoms with van der Waals surface area (Å²) in [6.07, 6.45) is 3.62. The van der Waals surface area contributed by atoms with Crippen LogP contribution in [0.5, 0.6) is 0 Å². The lowest BCUT2D eigenvalue weighted by atomic mass is 10.00. The van der Waals surface area contributed by atoms with Gasteiger partial charge in [0.25, 0.3) is 0 Å². The Hall–Kier alpha value is -2.99. The number of hydrogen-bond acceptors (Lipinski definition) is 6. The Balaban J connectivity index is 1.71. The van der Waals surface area contributed by atoms with Crippen LogP contribution in [0.4, 0.5) is 0 Å². The van der Waals surface area contributed by atoms with E-state index in [0.29, 0.717) is 34.8 Å². The highest BCUT2D eigenvalue weighted by Gasteiger charge is 2.58. The molecule has 0 N–H and O–H groups in total. The third-order valence-electron chi connectivity index (χ3n) is 5.71. The number of methoxy groups -OCH3 is 2. The van der Waals surface area contributed by atoms with E-state index in [0.717, 1.165) is 12.0 Å². The molecule has 29 heavy (non-hydrogen) atoms. The number of carbonyl (C=O) groups excluding carboxylic acids is 2. The monoisotopic (exact) mass is 394 g/mol. The molecule has 0 bridgehead atoms. The number of aryl methyl sites for hydroxylation is 1. The molecule has 2 atom stereocenters. The van der Waals surface area contributed by atoms with E-state index >= 15 is 0 Å². The Labute approximate surface area is 167 Å². The molecule has 1 aromatic heterocycles. The molecule has 2 unspecified atom stereocenters. The summed E-state index contributed by atoms with van der Waals surface area (Å²) < 4.78 is 16.6. The molecular formula is C23H22O6. The smallest absolute Gasteiger partial charge is 0.347 e. The molecule has 2 aliphatic carbocycles. The number of Topliss-reactive ketones (excluding diaryl/α,β-unsaturated/α-hetero) is 1. The van der Waals surface area contributed by atoms with Gasteiger partial charge >= 0.3 is 5.63 Å². The van der Waals surface area contributed by atoms with Gasteiger partial charge in [0.05, 0.1) is 18.2 Å². The van der Waals surface area contributed by atoms with E-state index in [4.69, 9.17) is 13.9 Å². The molecule has 1 aromatic carbocycles. The molecule has 1 heterocycles.